The number of benzene rings is 9. The Kier molecular flexibility index (Phi) is 6.01. The molecule has 0 atom stereocenters. The van der Waals surface area contributed by atoms with Crippen molar-refractivity contribution < 1.29 is 9.60 Å². The molecule has 0 aliphatic heterocycles. The summed E-state index contributed by atoms with van der Waals surface area (Å²) in [5.41, 5.74) is 10.8. The van der Waals surface area contributed by atoms with Crippen LogP contribution in [0.15, 0.2) is 218 Å². The first-order chi connectivity index (χ1) is 30.7. The van der Waals surface area contributed by atoms with Crippen LogP contribution in [0.4, 0.5) is 0 Å². The van der Waals surface area contributed by atoms with E-state index in [2.05, 4.69) is 71.3 Å². The van der Waals surface area contributed by atoms with Gasteiger partial charge in [-0.15, -0.1) is 0 Å². The predicted molar refractivity (Wildman–Crippen MR) is 237 cm³/mol. The molecule has 0 N–H and O–H groups in total. The second-order valence-corrected chi connectivity index (χ2v) is 14.0. The molecule has 2 aromatic heterocycles. The lowest BCUT2D eigenvalue weighted by Crippen LogP contribution is -1.94. The summed E-state index contributed by atoms with van der Waals surface area (Å²) in [5.74, 6) is 0. The molecule has 0 aliphatic carbocycles. The number of para-hydroxylation sites is 2. The van der Waals surface area contributed by atoms with Crippen molar-refractivity contribution in [2.45, 2.75) is 0 Å². The first kappa shape index (κ1) is 25.6. The minimum atomic E-state index is -0.423. The van der Waals surface area contributed by atoms with E-state index < -0.39 is 12.1 Å². The average Bonchev–Trinajstić information content (AvgIpc) is 3.87. The quantitative estimate of drug-likeness (QED) is 0.162. The molecule has 0 spiro atoms. The van der Waals surface area contributed by atoms with Crippen molar-refractivity contribution in [3.05, 3.63) is 218 Å². The van der Waals surface area contributed by atoms with E-state index in [1.54, 1.807) is 4.57 Å². The molecule has 0 saturated heterocycles. The lowest BCUT2D eigenvalue weighted by molar-refractivity contribution is 1.18. The third-order valence-electron chi connectivity index (χ3n) is 10.7. The lowest BCUT2D eigenvalue weighted by Gasteiger charge is -2.11. The van der Waals surface area contributed by atoms with E-state index in [1.165, 1.54) is 0 Å². The molecule has 11 rings (SSSR count). The van der Waals surface area contributed by atoms with Gasteiger partial charge in [0.15, 0.2) is 0 Å². The zero-order chi connectivity index (χ0) is 43.1. The van der Waals surface area contributed by atoms with Crippen LogP contribution < -0.4 is 0 Å². The minimum absolute atomic E-state index is 0.0780. The summed E-state index contributed by atoms with van der Waals surface area (Å²) in [7, 11) is 0. The highest BCUT2D eigenvalue weighted by atomic mass is 15.0. The lowest BCUT2D eigenvalue weighted by atomic mass is 9.97. The van der Waals surface area contributed by atoms with Gasteiger partial charge in [0.2, 0.25) is 0 Å². The molecule has 262 valence electrons. The van der Waals surface area contributed by atoms with E-state index in [4.69, 9.17) is 4.11 Å². The molecule has 11 aromatic rings. The molecule has 9 aromatic carbocycles. The number of aromatic nitrogens is 2. The second-order valence-electron chi connectivity index (χ2n) is 14.0. The van der Waals surface area contributed by atoms with E-state index in [0.29, 0.717) is 11.3 Å². The van der Waals surface area contributed by atoms with Crippen molar-refractivity contribution in [1.29, 1.82) is 0 Å². The molecular weight excluding hydrogens is 677 g/mol. The monoisotopic (exact) mass is 719 g/mol. The maximum absolute atomic E-state index is 9.88. The van der Waals surface area contributed by atoms with Crippen molar-refractivity contribution in [2.75, 3.05) is 0 Å². The topological polar surface area (TPSA) is 9.86 Å². The molecule has 0 radical (unpaired) electrons. The third-order valence-corrected chi connectivity index (χ3v) is 10.7. The van der Waals surface area contributed by atoms with Crippen molar-refractivity contribution in [3.63, 3.8) is 0 Å². The highest BCUT2D eigenvalue weighted by Gasteiger charge is 2.17. The van der Waals surface area contributed by atoms with Crippen LogP contribution in [0.3, 0.4) is 0 Å². The zero-order valence-corrected chi connectivity index (χ0v) is 30.1. The molecule has 2 nitrogen and oxygen atoms in total. The van der Waals surface area contributed by atoms with E-state index in [9.17, 15) is 5.48 Å². The van der Waals surface area contributed by atoms with Gasteiger partial charge in [0.1, 0.15) is 0 Å². The van der Waals surface area contributed by atoms with Gasteiger partial charge in [-0.05, 0) is 111 Å². The zero-order valence-electron chi connectivity index (χ0n) is 37.1. The van der Waals surface area contributed by atoms with Crippen LogP contribution in [-0.2, 0) is 0 Å². The maximum atomic E-state index is 9.88. The van der Waals surface area contributed by atoms with E-state index in [-0.39, 0.29) is 57.6 Å². The Hall–Kier alpha value is -7.42. The number of rotatable bonds is 6. The number of fused-ring (bicyclic) bond motifs is 6. The van der Waals surface area contributed by atoms with Gasteiger partial charge in [0.05, 0.1) is 31.7 Å². The third kappa shape index (κ3) is 5.34. The van der Waals surface area contributed by atoms with Crippen LogP contribution in [0, 0.1) is 0 Å². The fourth-order valence-corrected chi connectivity index (χ4v) is 8.09. The van der Waals surface area contributed by atoms with Gasteiger partial charge in [0.25, 0.3) is 0 Å². The smallest absolute Gasteiger partial charge is 0.0645 e. The molecule has 0 saturated carbocycles. The van der Waals surface area contributed by atoms with Gasteiger partial charge in [0, 0.05) is 32.9 Å². The number of nitrogens with zero attached hydrogens (tertiary/aromatic N) is 2. The summed E-state index contributed by atoms with van der Waals surface area (Å²) in [4.78, 5) is 0. The van der Waals surface area contributed by atoms with Crippen molar-refractivity contribution in [1.82, 2.24) is 9.13 Å². The average molecular weight is 720 g/mol. The van der Waals surface area contributed by atoms with Crippen LogP contribution in [-0.4, -0.2) is 9.13 Å². The summed E-state index contributed by atoms with van der Waals surface area (Å²) in [6.45, 7) is 0. The second kappa shape index (κ2) is 13.2. The SMILES string of the molecule is [2H]c1c([2H])c([2H])c2c(c1[2H])c1c([2H])c(-c3ccc4c(c3)c3ccc(-c5cccc(-c6ccccc6)c5)cc3n4-c3ccccc3)c([2H])c([2H])c1n2-c1cccc(-c2ccccc2)c1. The van der Waals surface area contributed by atoms with E-state index >= 15 is 0 Å². The van der Waals surface area contributed by atoms with Gasteiger partial charge in [-0.3, -0.25) is 0 Å². The van der Waals surface area contributed by atoms with E-state index in [0.717, 1.165) is 60.9 Å². The van der Waals surface area contributed by atoms with Crippen LogP contribution in [0.5, 0.6) is 0 Å². The van der Waals surface area contributed by atoms with Crippen LogP contribution in [0.1, 0.15) is 9.60 Å². The van der Waals surface area contributed by atoms with Gasteiger partial charge in [-0.1, -0.05) is 152 Å². The maximum Gasteiger partial charge on any atom is 0.0645 e. The first-order valence-corrected chi connectivity index (χ1v) is 18.7. The first-order valence-electron chi connectivity index (χ1n) is 22.2. The largest absolute Gasteiger partial charge is 0.309 e. The van der Waals surface area contributed by atoms with E-state index in [1.807, 2.05) is 109 Å². The van der Waals surface area contributed by atoms with Crippen molar-refractivity contribution in [2.24, 2.45) is 0 Å². The van der Waals surface area contributed by atoms with Crippen molar-refractivity contribution >= 4 is 43.6 Å². The van der Waals surface area contributed by atoms with Gasteiger partial charge < -0.3 is 9.13 Å². The van der Waals surface area contributed by atoms with Gasteiger partial charge in [-0.25, -0.2) is 0 Å². The normalized spacial score (nSPS) is 13.3. The highest BCUT2D eigenvalue weighted by molar-refractivity contribution is 6.13. The Bertz CT molecular complexity index is 3630. The molecule has 0 amide bonds. The minimum Gasteiger partial charge on any atom is -0.309 e. The summed E-state index contributed by atoms with van der Waals surface area (Å²) < 4.78 is 68.7. The Labute approximate surface area is 335 Å². The fraction of sp³-hybridized carbons (Fsp3) is 0. The molecule has 2 heteroatoms. The highest BCUT2D eigenvalue weighted by Crippen LogP contribution is 2.40. The molecule has 2 heterocycles. The Morgan fingerprint density at radius 1 is 0.286 bits per heavy atom. The fourth-order valence-electron chi connectivity index (χ4n) is 8.09. The molecule has 0 aliphatic rings. The number of hydrogen-bond acceptors (Lipinski definition) is 0. The standard InChI is InChI=1S/C54H36N2/c1-4-14-37(15-5-1)39-18-12-19-40(32-39)44-26-29-48-50-35-43(27-30-52(50)55(54(48)36-44)45-21-8-3-9-22-45)42-28-31-53-49(34-42)47-24-10-11-25-51(47)56(53)46-23-13-20-41(33-46)38-16-6-2-7-17-38/h1-36H/i10D,11D,24D,25D,28D,31D,34D. The van der Waals surface area contributed by atoms with Gasteiger partial charge in [-0.2, -0.15) is 0 Å². The summed E-state index contributed by atoms with van der Waals surface area (Å²) in [6, 6.07) is 56.9. The Balaban J connectivity index is 1.15. The molecule has 0 fully saturated rings. The van der Waals surface area contributed by atoms with Crippen molar-refractivity contribution in [3.8, 4) is 55.9 Å². The summed E-state index contributed by atoms with van der Waals surface area (Å²) in [6.07, 6.45) is 0. The Morgan fingerprint density at radius 2 is 0.839 bits per heavy atom. The van der Waals surface area contributed by atoms with Crippen LogP contribution in [0.25, 0.3) is 99.5 Å². The Morgan fingerprint density at radius 3 is 1.61 bits per heavy atom. The summed E-state index contributed by atoms with van der Waals surface area (Å²) in [5, 5.41) is 2.23. The number of hydrogen-bond donors (Lipinski definition) is 0. The molecular formula is C54H36N2. The predicted octanol–water partition coefficient (Wildman–Crippen LogP) is 14.5. The molecule has 0 unspecified atom stereocenters. The van der Waals surface area contributed by atoms with Gasteiger partial charge >= 0.3 is 0 Å². The molecule has 56 heavy (non-hydrogen) atoms. The summed E-state index contributed by atoms with van der Waals surface area (Å²) >= 11 is 0. The van der Waals surface area contributed by atoms with Crippen LogP contribution in [0.2, 0.25) is 0 Å². The van der Waals surface area contributed by atoms with Crippen LogP contribution >= 0.6 is 0 Å². The molecule has 0 bridgehead atoms.